The van der Waals surface area contributed by atoms with Crippen LogP contribution in [0.25, 0.3) is 0 Å². The topological polar surface area (TPSA) is 102 Å². The van der Waals surface area contributed by atoms with Crippen LogP contribution in [-0.4, -0.2) is 78.6 Å². The molecule has 3 aliphatic rings. The zero-order valence-electron chi connectivity index (χ0n) is 23.1. The highest BCUT2D eigenvalue weighted by Crippen LogP contribution is 2.44. The summed E-state index contributed by atoms with van der Waals surface area (Å²) in [6.45, 7) is 8.72. The Morgan fingerprint density at radius 3 is 2.61 bits per heavy atom. The predicted octanol–water partition coefficient (Wildman–Crippen LogP) is 3.65. The van der Waals surface area contributed by atoms with Crippen LogP contribution in [0.15, 0.2) is 18.2 Å². The van der Waals surface area contributed by atoms with Crippen molar-refractivity contribution in [2.24, 2.45) is 17.6 Å². The van der Waals surface area contributed by atoms with E-state index in [2.05, 4.69) is 4.90 Å². The van der Waals surface area contributed by atoms with Crippen LogP contribution in [0.1, 0.15) is 69.9 Å². The van der Waals surface area contributed by atoms with E-state index in [4.69, 9.17) is 15.2 Å². The number of ketones is 1. The van der Waals surface area contributed by atoms with Gasteiger partial charge in [-0.05, 0) is 88.4 Å². The average Bonchev–Trinajstić information content (AvgIpc) is 3.58. The summed E-state index contributed by atoms with van der Waals surface area (Å²) in [5, 5.41) is 0. The molecule has 210 valence electrons. The molecule has 2 saturated heterocycles. The van der Waals surface area contributed by atoms with Crippen molar-refractivity contribution in [1.29, 1.82) is 0 Å². The van der Waals surface area contributed by atoms with Crippen molar-refractivity contribution in [2.75, 3.05) is 33.4 Å². The van der Waals surface area contributed by atoms with Gasteiger partial charge in [0.1, 0.15) is 11.4 Å². The minimum absolute atomic E-state index is 0.0261. The number of primary amides is 1. The molecule has 2 bridgehead atoms. The first kappa shape index (κ1) is 28.5. The van der Waals surface area contributed by atoms with Gasteiger partial charge in [-0.1, -0.05) is 12.1 Å². The van der Waals surface area contributed by atoms with Gasteiger partial charge in [0.05, 0.1) is 12.6 Å². The summed E-state index contributed by atoms with van der Waals surface area (Å²) in [4.78, 5) is 42.7. The molecule has 38 heavy (non-hydrogen) atoms. The third-order valence-corrected chi connectivity index (χ3v) is 8.27. The Morgan fingerprint density at radius 2 is 1.95 bits per heavy atom. The summed E-state index contributed by atoms with van der Waals surface area (Å²) in [7, 11) is 1.68. The Labute approximate surface area is 225 Å². The van der Waals surface area contributed by atoms with Gasteiger partial charge in [0, 0.05) is 38.6 Å². The van der Waals surface area contributed by atoms with E-state index >= 15 is 4.39 Å². The second kappa shape index (κ2) is 11.7. The van der Waals surface area contributed by atoms with E-state index in [0.29, 0.717) is 12.2 Å². The summed E-state index contributed by atoms with van der Waals surface area (Å²) in [6.07, 6.45) is 2.85. The number of nitrogens with two attached hydrogens (primary N) is 1. The first-order valence-electron chi connectivity index (χ1n) is 13.8. The molecule has 8 nitrogen and oxygen atoms in total. The summed E-state index contributed by atoms with van der Waals surface area (Å²) in [5.74, 6) is -1.77. The van der Waals surface area contributed by atoms with E-state index in [0.717, 1.165) is 50.9 Å². The Bertz CT molecular complexity index is 1040. The summed E-state index contributed by atoms with van der Waals surface area (Å²) >= 11 is 0. The number of fused-ring (bicyclic) bond motifs is 2. The van der Waals surface area contributed by atoms with Crippen LogP contribution in [0.5, 0.6) is 0 Å². The van der Waals surface area contributed by atoms with Crippen LogP contribution >= 0.6 is 0 Å². The van der Waals surface area contributed by atoms with Gasteiger partial charge in [0.25, 0.3) is 0 Å². The van der Waals surface area contributed by atoms with Crippen molar-refractivity contribution in [2.45, 2.75) is 82.9 Å². The highest BCUT2D eigenvalue weighted by atomic mass is 19.1. The lowest BCUT2D eigenvalue weighted by Crippen LogP contribution is -2.51. The minimum atomic E-state index is -0.849. The summed E-state index contributed by atoms with van der Waals surface area (Å²) in [5.41, 5.74) is 6.32. The Kier molecular flexibility index (Phi) is 8.77. The number of ether oxygens (including phenoxy) is 2. The number of benzene rings is 1. The lowest BCUT2D eigenvalue weighted by Gasteiger charge is -2.36. The van der Waals surface area contributed by atoms with Crippen molar-refractivity contribution >= 4 is 17.8 Å². The number of likely N-dealkylation sites (tertiary alicyclic amines) is 2. The third-order valence-electron chi connectivity index (χ3n) is 8.27. The molecular formula is C29H42FN3O5. The molecule has 1 aromatic carbocycles. The van der Waals surface area contributed by atoms with Gasteiger partial charge in [0.2, 0.25) is 5.91 Å². The maximum atomic E-state index is 15.2. The van der Waals surface area contributed by atoms with Crippen molar-refractivity contribution in [3.63, 3.8) is 0 Å². The molecule has 2 aliphatic heterocycles. The number of hydrogen-bond acceptors (Lipinski definition) is 6. The Balaban J connectivity index is 1.42. The highest BCUT2D eigenvalue weighted by Gasteiger charge is 2.52. The first-order chi connectivity index (χ1) is 18.0. The van der Waals surface area contributed by atoms with Gasteiger partial charge < -0.3 is 20.1 Å². The number of halogens is 1. The summed E-state index contributed by atoms with van der Waals surface area (Å²) in [6, 6.07) is 4.54. The fourth-order valence-corrected chi connectivity index (χ4v) is 6.39. The van der Waals surface area contributed by atoms with E-state index in [1.165, 1.54) is 0 Å². The molecule has 1 aromatic rings. The van der Waals surface area contributed by atoms with Crippen LogP contribution in [0.3, 0.4) is 0 Å². The van der Waals surface area contributed by atoms with E-state index < -0.39 is 29.6 Å². The van der Waals surface area contributed by atoms with Crippen molar-refractivity contribution < 1.29 is 28.2 Å². The fraction of sp³-hybridized carbons (Fsp3) is 0.690. The number of carbonyl (C=O) groups is 3. The molecule has 9 heteroatoms. The number of amides is 2. The van der Waals surface area contributed by atoms with E-state index in [-0.39, 0.29) is 42.3 Å². The number of hydrogen-bond donors (Lipinski definition) is 1. The average molecular weight is 532 g/mol. The number of rotatable bonds is 10. The van der Waals surface area contributed by atoms with Crippen LogP contribution in [0.4, 0.5) is 9.18 Å². The van der Waals surface area contributed by atoms with Crippen molar-refractivity contribution in [1.82, 2.24) is 9.80 Å². The second-order valence-corrected chi connectivity index (χ2v) is 12.2. The predicted molar refractivity (Wildman–Crippen MR) is 141 cm³/mol. The molecule has 5 atom stereocenters. The zero-order chi connectivity index (χ0) is 27.6. The molecule has 2 heterocycles. The normalized spacial score (nSPS) is 26.1. The number of methoxy groups -OCH3 is 1. The van der Waals surface area contributed by atoms with Crippen LogP contribution in [0.2, 0.25) is 0 Å². The summed E-state index contributed by atoms with van der Waals surface area (Å²) < 4.78 is 25.9. The van der Waals surface area contributed by atoms with Gasteiger partial charge >= 0.3 is 6.09 Å². The second-order valence-electron chi connectivity index (χ2n) is 12.2. The van der Waals surface area contributed by atoms with Crippen molar-refractivity contribution in [3.05, 3.63) is 35.1 Å². The lowest BCUT2D eigenvalue weighted by molar-refractivity contribution is -0.131. The monoisotopic (exact) mass is 531 g/mol. The Hall–Kier alpha value is -2.52. The molecule has 4 rings (SSSR count). The third kappa shape index (κ3) is 6.54. The van der Waals surface area contributed by atoms with Gasteiger partial charge in [-0.25, -0.2) is 9.18 Å². The lowest BCUT2D eigenvalue weighted by atomic mass is 9.86. The minimum Gasteiger partial charge on any atom is -0.444 e. The van der Waals surface area contributed by atoms with E-state index in [1.54, 1.807) is 44.9 Å². The quantitative estimate of drug-likeness (QED) is 0.495. The maximum Gasteiger partial charge on any atom is 0.411 e. The van der Waals surface area contributed by atoms with Gasteiger partial charge in [-0.3, -0.25) is 14.5 Å². The fourth-order valence-electron chi connectivity index (χ4n) is 6.39. The maximum absolute atomic E-state index is 15.2. The molecule has 2 N–H and O–H groups in total. The largest absolute Gasteiger partial charge is 0.444 e. The standard InChI is InChI=1S/C29H42FN3O5/c1-29(2,3)38-28(36)33-23-8-7-20(14-23)26(33)25(34)16-22(27(31)35)13-19-6-5-18(15-24(19)30)21-9-10-32(17-21)11-12-37-4/h5-6,15,20-23,26H,7-14,16-17H2,1-4H3,(H2,31,35)/t20-,21?,22+,23+,26-/m0/s1. The molecule has 2 amide bonds. The highest BCUT2D eigenvalue weighted by molar-refractivity contribution is 5.92. The molecule has 3 fully saturated rings. The molecule has 0 radical (unpaired) electrons. The molecule has 1 unspecified atom stereocenters. The zero-order valence-corrected chi connectivity index (χ0v) is 23.1. The van der Waals surface area contributed by atoms with Crippen LogP contribution in [0, 0.1) is 17.7 Å². The van der Waals surface area contributed by atoms with Crippen LogP contribution in [-0.2, 0) is 25.5 Å². The van der Waals surface area contributed by atoms with Gasteiger partial charge in [-0.2, -0.15) is 0 Å². The SMILES string of the molecule is COCCN1CCC(c2ccc(C[C@H](CC(=O)[C@@H]3[C@H]4CC[C@H](C4)N3C(=O)OC(C)(C)C)C(N)=O)c(F)c2)C1. The molecule has 0 spiro atoms. The molecule has 1 saturated carbocycles. The van der Waals surface area contributed by atoms with Gasteiger partial charge in [0.15, 0.2) is 5.78 Å². The van der Waals surface area contributed by atoms with Crippen molar-refractivity contribution in [3.8, 4) is 0 Å². The smallest absolute Gasteiger partial charge is 0.411 e. The van der Waals surface area contributed by atoms with E-state index in [1.807, 2.05) is 6.07 Å². The molecular weight excluding hydrogens is 489 g/mol. The molecule has 1 aliphatic carbocycles. The molecule has 0 aromatic heterocycles. The number of piperidine rings is 1. The number of nitrogens with zero attached hydrogens (tertiary/aromatic N) is 2. The van der Waals surface area contributed by atoms with Gasteiger partial charge in [-0.15, -0.1) is 0 Å². The number of carbonyl (C=O) groups excluding carboxylic acids is 3. The van der Waals surface area contributed by atoms with E-state index in [9.17, 15) is 14.4 Å². The Morgan fingerprint density at radius 1 is 1.18 bits per heavy atom. The number of Topliss-reactive ketones (excluding diaryl/α,β-unsaturated/α-hetero) is 1. The first-order valence-corrected chi connectivity index (χ1v) is 13.8. The van der Waals surface area contributed by atoms with Crippen LogP contribution < -0.4 is 5.73 Å².